The minimum atomic E-state index is -0.517. The van der Waals surface area contributed by atoms with E-state index in [1.807, 2.05) is 19.0 Å². The van der Waals surface area contributed by atoms with Gasteiger partial charge in [-0.3, -0.25) is 4.79 Å². The summed E-state index contributed by atoms with van der Waals surface area (Å²) >= 11 is 0. The standard InChI is InChI=1S/C18H20F2N2O2/c1-22(2)16(13-6-5-7-14(19)10-13)11-21-18(23)12-24-17-9-4-3-8-15(17)20/h3-10,16H,11-12H2,1-2H3,(H,21,23). The van der Waals surface area contributed by atoms with Crippen molar-refractivity contribution in [2.45, 2.75) is 6.04 Å². The number of nitrogens with zero attached hydrogens (tertiary/aromatic N) is 1. The summed E-state index contributed by atoms with van der Waals surface area (Å²) in [5.41, 5.74) is 0.760. The van der Waals surface area contributed by atoms with Crippen molar-refractivity contribution in [2.24, 2.45) is 0 Å². The molecule has 0 aliphatic heterocycles. The van der Waals surface area contributed by atoms with Crippen molar-refractivity contribution in [3.63, 3.8) is 0 Å². The summed E-state index contributed by atoms with van der Waals surface area (Å²) in [4.78, 5) is 13.8. The van der Waals surface area contributed by atoms with Crippen LogP contribution in [0.4, 0.5) is 8.78 Å². The van der Waals surface area contributed by atoms with Gasteiger partial charge in [-0.25, -0.2) is 8.78 Å². The molecule has 2 rings (SSSR count). The molecule has 0 heterocycles. The monoisotopic (exact) mass is 334 g/mol. The van der Waals surface area contributed by atoms with E-state index in [0.29, 0.717) is 0 Å². The van der Waals surface area contributed by atoms with Crippen molar-refractivity contribution in [1.82, 2.24) is 10.2 Å². The number of rotatable bonds is 7. The van der Waals surface area contributed by atoms with Crippen molar-refractivity contribution in [1.29, 1.82) is 0 Å². The van der Waals surface area contributed by atoms with E-state index in [-0.39, 0.29) is 36.7 Å². The Balaban J connectivity index is 1.90. The zero-order chi connectivity index (χ0) is 17.5. The summed E-state index contributed by atoms with van der Waals surface area (Å²) in [6.45, 7) is 0.000150. The number of carbonyl (C=O) groups excluding carboxylic acids is 1. The number of amides is 1. The Bertz CT molecular complexity index is 692. The first-order valence-electron chi connectivity index (χ1n) is 7.53. The molecule has 0 aromatic heterocycles. The van der Waals surface area contributed by atoms with E-state index in [9.17, 15) is 13.6 Å². The first kappa shape index (κ1) is 17.9. The lowest BCUT2D eigenvalue weighted by atomic mass is 10.1. The van der Waals surface area contributed by atoms with Gasteiger partial charge in [-0.1, -0.05) is 24.3 Å². The van der Waals surface area contributed by atoms with Gasteiger partial charge in [0.05, 0.1) is 6.04 Å². The summed E-state index contributed by atoms with van der Waals surface area (Å²) in [6, 6.07) is 11.9. The van der Waals surface area contributed by atoms with Crippen LogP contribution in [-0.2, 0) is 4.79 Å². The molecule has 1 unspecified atom stereocenters. The second kappa shape index (κ2) is 8.40. The lowest BCUT2D eigenvalue weighted by Gasteiger charge is -2.25. The van der Waals surface area contributed by atoms with Crippen LogP contribution in [0.15, 0.2) is 48.5 Å². The minimum Gasteiger partial charge on any atom is -0.481 e. The maximum atomic E-state index is 13.4. The Hall–Kier alpha value is -2.47. The molecule has 0 fully saturated rings. The highest BCUT2D eigenvalue weighted by Gasteiger charge is 2.16. The van der Waals surface area contributed by atoms with Gasteiger partial charge in [0.25, 0.3) is 5.91 Å². The molecule has 4 nitrogen and oxygen atoms in total. The lowest BCUT2D eigenvalue weighted by Crippen LogP contribution is -2.37. The minimum absolute atomic E-state index is 0.0296. The third-order valence-electron chi connectivity index (χ3n) is 3.54. The smallest absolute Gasteiger partial charge is 0.258 e. The van der Waals surface area contributed by atoms with Crippen LogP contribution in [0, 0.1) is 11.6 Å². The van der Waals surface area contributed by atoms with Crippen LogP contribution in [0.1, 0.15) is 11.6 Å². The number of hydrogen-bond donors (Lipinski definition) is 1. The maximum Gasteiger partial charge on any atom is 0.258 e. The molecule has 1 amide bonds. The second-order valence-corrected chi connectivity index (χ2v) is 5.56. The molecule has 6 heteroatoms. The fourth-order valence-electron chi connectivity index (χ4n) is 2.28. The number of benzene rings is 2. The lowest BCUT2D eigenvalue weighted by molar-refractivity contribution is -0.123. The molecule has 0 aliphatic rings. The molecular formula is C18H20F2N2O2. The second-order valence-electron chi connectivity index (χ2n) is 5.56. The fourth-order valence-corrected chi connectivity index (χ4v) is 2.28. The largest absolute Gasteiger partial charge is 0.481 e. The van der Waals surface area contributed by atoms with E-state index in [0.717, 1.165) is 5.56 Å². The van der Waals surface area contributed by atoms with E-state index in [2.05, 4.69) is 5.32 Å². The van der Waals surface area contributed by atoms with Gasteiger partial charge in [0, 0.05) is 6.54 Å². The number of likely N-dealkylation sites (N-methyl/N-ethyl adjacent to an activating group) is 1. The van der Waals surface area contributed by atoms with Gasteiger partial charge in [-0.2, -0.15) is 0 Å². The molecule has 128 valence electrons. The first-order chi connectivity index (χ1) is 11.5. The van der Waals surface area contributed by atoms with Gasteiger partial charge in [0.15, 0.2) is 18.2 Å². The Morgan fingerprint density at radius 1 is 1.17 bits per heavy atom. The summed E-state index contributed by atoms with van der Waals surface area (Å²) in [5.74, 6) is -1.19. The molecule has 2 aromatic rings. The highest BCUT2D eigenvalue weighted by molar-refractivity contribution is 5.77. The van der Waals surface area contributed by atoms with Crippen molar-refractivity contribution in [3.8, 4) is 5.75 Å². The van der Waals surface area contributed by atoms with Crippen molar-refractivity contribution in [2.75, 3.05) is 27.2 Å². The summed E-state index contributed by atoms with van der Waals surface area (Å²) in [5, 5.41) is 2.72. The zero-order valence-corrected chi connectivity index (χ0v) is 13.6. The van der Waals surface area contributed by atoms with Crippen LogP contribution in [0.3, 0.4) is 0 Å². The molecule has 2 aromatic carbocycles. The molecule has 0 saturated heterocycles. The maximum absolute atomic E-state index is 13.4. The normalized spacial score (nSPS) is 12.0. The molecular weight excluding hydrogens is 314 g/mol. The Morgan fingerprint density at radius 3 is 2.58 bits per heavy atom. The fraction of sp³-hybridized carbons (Fsp3) is 0.278. The Morgan fingerprint density at radius 2 is 1.92 bits per heavy atom. The number of halogens is 2. The van der Waals surface area contributed by atoms with Crippen LogP contribution >= 0.6 is 0 Å². The van der Waals surface area contributed by atoms with E-state index in [1.165, 1.54) is 24.3 Å². The predicted octanol–water partition coefficient (Wildman–Crippen LogP) is 2.76. The topological polar surface area (TPSA) is 41.6 Å². The molecule has 0 aliphatic carbocycles. The van der Waals surface area contributed by atoms with Gasteiger partial charge in [0.1, 0.15) is 5.82 Å². The number of carbonyl (C=O) groups is 1. The predicted molar refractivity (Wildman–Crippen MR) is 87.7 cm³/mol. The Kier molecular flexibility index (Phi) is 6.26. The van der Waals surface area contributed by atoms with Gasteiger partial charge in [-0.05, 0) is 43.9 Å². The van der Waals surface area contributed by atoms with Crippen molar-refractivity contribution in [3.05, 3.63) is 65.7 Å². The van der Waals surface area contributed by atoms with E-state index >= 15 is 0 Å². The van der Waals surface area contributed by atoms with Crippen LogP contribution < -0.4 is 10.1 Å². The molecule has 1 N–H and O–H groups in total. The molecule has 1 atom stereocenters. The van der Waals surface area contributed by atoms with Crippen LogP contribution in [-0.4, -0.2) is 38.1 Å². The van der Waals surface area contributed by atoms with Crippen molar-refractivity contribution < 1.29 is 18.3 Å². The molecule has 0 bridgehead atoms. The summed E-state index contributed by atoms with van der Waals surface area (Å²) in [7, 11) is 3.69. The molecule has 0 radical (unpaired) electrons. The number of para-hydroxylation sites is 1. The van der Waals surface area contributed by atoms with Gasteiger partial charge < -0.3 is 15.0 Å². The van der Waals surface area contributed by atoms with Gasteiger partial charge >= 0.3 is 0 Å². The van der Waals surface area contributed by atoms with Gasteiger partial charge in [-0.15, -0.1) is 0 Å². The SMILES string of the molecule is CN(C)C(CNC(=O)COc1ccccc1F)c1cccc(F)c1. The summed E-state index contributed by atoms with van der Waals surface area (Å²) < 4.78 is 32.0. The first-order valence-corrected chi connectivity index (χ1v) is 7.53. The average molecular weight is 334 g/mol. The van der Waals surface area contributed by atoms with Crippen LogP contribution in [0.25, 0.3) is 0 Å². The number of hydrogen-bond acceptors (Lipinski definition) is 3. The summed E-state index contributed by atoms with van der Waals surface area (Å²) in [6.07, 6.45) is 0. The number of ether oxygens (including phenoxy) is 1. The van der Waals surface area contributed by atoms with Crippen molar-refractivity contribution >= 4 is 5.91 Å². The quantitative estimate of drug-likeness (QED) is 0.847. The average Bonchev–Trinajstić information content (AvgIpc) is 2.54. The highest BCUT2D eigenvalue weighted by atomic mass is 19.1. The van der Waals surface area contributed by atoms with Gasteiger partial charge in [0.2, 0.25) is 0 Å². The molecule has 0 spiro atoms. The van der Waals surface area contributed by atoms with E-state index in [4.69, 9.17) is 4.74 Å². The molecule has 24 heavy (non-hydrogen) atoms. The Labute approximate surface area is 140 Å². The van der Waals surface area contributed by atoms with Crippen LogP contribution in [0.5, 0.6) is 5.75 Å². The highest BCUT2D eigenvalue weighted by Crippen LogP contribution is 2.18. The van der Waals surface area contributed by atoms with E-state index < -0.39 is 5.82 Å². The van der Waals surface area contributed by atoms with E-state index in [1.54, 1.807) is 24.3 Å². The third kappa shape index (κ3) is 5.03. The van der Waals surface area contributed by atoms with Crippen LogP contribution in [0.2, 0.25) is 0 Å². The zero-order valence-electron chi connectivity index (χ0n) is 13.6. The molecule has 0 saturated carbocycles. The third-order valence-corrected chi connectivity index (χ3v) is 3.54. The number of nitrogens with one attached hydrogen (secondary N) is 1.